The van der Waals surface area contributed by atoms with E-state index >= 15 is 0 Å². The van der Waals surface area contributed by atoms with E-state index in [4.69, 9.17) is 20.7 Å². The molecule has 0 heterocycles. The topological polar surface area (TPSA) is 80.7 Å². The second-order valence-corrected chi connectivity index (χ2v) is 2.96. The SMILES string of the molecule is N#CC(C#N)C(=N)COc1ccc(F)cc1. The number of nitrogens with one attached hydrogen (secondary N) is 1. The molecule has 4 nitrogen and oxygen atoms in total. The zero-order valence-electron chi connectivity index (χ0n) is 8.27. The summed E-state index contributed by atoms with van der Waals surface area (Å²) < 4.78 is 17.7. The quantitative estimate of drug-likeness (QED) is 0.782. The van der Waals surface area contributed by atoms with Gasteiger partial charge in [-0.3, -0.25) is 0 Å². The maximum absolute atomic E-state index is 12.5. The molecule has 0 amide bonds. The van der Waals surface area contributed by atoms with Crippen molar-refractivity contribution >= 4 is 5.71 Å². The van der Waals surface area contributed by atoms with Crippen molar-refractivity contribution in [1.82, 2.24) is 0 Å². The second-order valence-electron chi connectivity index (χ2n) is 2.96. The third kappa shape index (κ3) is 3.07. The van der Waals surface area contributed by atoms with E-state index in [0.29, 0.717) is 5.75 Å². The molecule has 0 aliphatic rings. The summed E-state index contributed by atoms with van der Waals surface area (Å²) in [7, 11) is 0. The summed E-state index contributed by atoms with van der Waals surface area (Å²) in [5.74, 6) is -1.09. The van der Waals surface area contributed by atoms with Crippen LogP contribution < -0.4 is 4.74 Å². The number of nitriles is 2. The summed E-state index contributed by atoms with van der Waals surface area (Å²) in [6, 6.07) is 8.62. The molecule has 0 saturated carbocycles. The predicted octanol–water partition coefficient (Wildman–Crippen LogP) is 1.89. The Balaban J connectivity index is 2.53. The van der Waals surface area contributed by atoms with Crippen LogP contribution in [0, 0.1) is 39.8 Å². The molecule has 5 heteroatoms. The van der Waals surface area contributed by atoms with E-state index in [1.807, 2.05) is 0 Å². The van der Waals surface area contributed by atoms with Gasteiger partial charge in [0.1, 0.15) is 18.2 Å². The van der Waals surface area contributed by atoms with E-state index in [9.17, 15) is 4.39 Å². The van der Waals surface area contributed by atoms with Crippen LogP contribution in [0.1, 0.15) is 0 Å². The largest absolute Gasteiger partial charge is 0.488 e. The van der Waals surface area contributed by atoms with Gasteiger partial charge in [-0.25, -0.2) is 4.39 Å². The Morgan fingerprint density at radius 1 is 1.31 bits per heavy atom. The lowest BCUT2D eigenvalue weighted by molar-refractivity contribution is 0.372. The van der Waals surface area contributed by atoms with E-state index in [1.165, 1.54) is 24.3 Å². The molecule has 0 saturated heterocycles. The summed E-state index contributed by atoms with van der Waals surface area (Å²) in [6.07, 6.45) is 0. The van der Waals surface area contributed by atoms with Crippen molar-refractivity contribution in [2.45, 2.75) is 0 Å². The summed E-state index contributed by atoms with van der Waals surface area (Å²) >= 11 is 0. The molecular formula is C11H8FN3O. The monoisotopic (exact) mass is 217 g/mol. The van der Waals surface area contributed by atoms with Gasteiger partial charge in [0.05, 0.1) is 17.9 Å². The first kappa shape index (κ1) is 11.7. The van der Waals surface area contributed by atoms with Crippen LogP contribution in [0.15, 0.2) is 24.3 Å². The molecule has 1 rings (SSSR count). The molecule has 0 fully saturated rings. The summed E-state index contributed by atoms with van der Waals surface area (Å²) in [4.78, 5) is 0. The number of rotatable bonds is 4. The Labute approximate surface area is 92.0 Å². The number of hydrogen-bond acceptors (Lipinski definition) is 4. The Kier molecular flexibility index (Phi) is 3.99. The standard InChI is InChI=1S/C11H8FN3O/c12-9-1-3-10(4-2-9)16-7-11(15)8(5-13)6-14/h1-4,8,15H,7H2. The van der Waals surface area contributed by atoms with E-state index in [0.717, 1.165) is 0 Å². The molecule has 0 radical (unpaired) electrons. The fourth-order valence-corrected chi connectivity index (χ4v) is 0.960. The zero-order chi connectivity index (χ0) is 12.0. The molecule has 1 N–H and O–H groups in total. The van der Waals surface area contributed by atoms with Crippen LogP contribution in [-0.2, 0) is 0 Å². The van der Waals surface area contributed by atoms with Crippen LogP contribution in [0.5, 0.6) is 5.75 Å². The molecule has 0 aliphatic heterocycles. The lowest BCUT2D eigenvalue weighted by Gasteiger charge is -2.06. The predicted molar refractivity (Wildman–Crippen MR) is 54.3 cm³/mol. The van der Waals surface area contributed by atoms with Gasteiger partial charge in [-0.2, -0.15) is 10.5 Å². The van der Waals surface area contributed by atoms with Crippen molar-refractivity contribution in [3.05, 3.63) is 30.1 Å². The van der Waals surface area contributed by atoms with Crippen molar-refractivity contribution in [2.24, 2.45) is 5.92 Å². The Bertz CT molecular complexity index is 442. The highest BCUT2D eigenvalue weighted by Gasteiger charge is 2.12. The number of hydrogen-bond donors (Lipinski definition) is 1. The van der Waals surface area contributed by atoms with Gasteiger partial charge in [0.25, 0.3) is 0 Å². The maximum Gasteiger partial charge on any atom is 0.173 e. The minimum atomic E-state index is -1.10. The highest BCUT2D eigenvalue weighted by molar-refractivity contribution is 5.89. The lowest BCUT2D eigenvalue weighted by atomic mass is 10.1. The van der Waals surface area contributed by atoms with Crippen molar-refractivity contribution in [3.8, 4) is 17.9 Å². The molecule has 16 heavy (non-hydrogen) atoms. The van der Waals surface area contributed by atoms with Crippen LogP contribution in [0.3, 0.4) is 0 Å². The van der Waals surface area contributed by atoms with Gasteiger partial charge in [0, 0.05) is 0 Å². The van der Waals surface area contributed by atoms with Crippen molar-refractivity contribution in [1.29, 1.82) is 15.9 Å². The van der Waals surface area contributed by atoms with Gasteiger partial charge in [-0.05, 0) is 24.3 Å². The summed E-state index contributed by atoms with van der Waals surface area (Å²) in [6.45, 7) is -0.155. The summed E-state index contributed by atoms with van der Waals surface area (Å²) in [5, 5.41) is 24.4. The van der Waals surface area contributed by atoms with E-state index in [2.05, 4.69) is 0 Å². The zero-order valence-corrected chi connectivity index (χ0v) is 8.27. The molecule has 0 unspecified atom stereocenters. The van der Waals surface area contributed by atoms with E-state index < -0.39 is 5.92 Å². The van der Waals surface area contributed by atoms with Crippen LogP contribution in [0.2, 0.25) is 0 Å². The molecule has 0 aromatic heterocycles. The lowest BCUT2D eigenvalue weighted by Crippen LogP contribution is -2.18. The van der Waals surface area contributed by atoms with Gasteiger partial charge in [-0.15, -0.1) is 0 Å². The first-order valence-corrected chi connectivity index (χ1v) is 4.42. The number of halogens is 1. The van der Waals surface area contributed by atoms with Crippen LogP contribution in [0.4, 0.5) is 4.39 Å². The molecule has 1 aromatic rings. The maximum atomic E-state index is 12.5. The van der Waals surface area contributed by atoms with Gasteiger partial charge in [0.2, 0.25) is 0 Å². The Morgan fingerprint density at radius 3 is 2.38 bits per heavy atom. The second kappa shape index (κ2) is 5.47. The minimum absolute atomic E-state index is 0.116. The van der Waals surface area contributed by atoms with Gasteiger partial charge in [0.15, 0.2) is 5.92 Å². The van der Waals surface area contributed by atoms with Crippen LogP contribution in [0.25, 0.3) is 0 Å². The number of nitrogens with zero attached hydrogens (tertiary/aromatic N) is 2. The number of ether oxygens (including phenoxy) is 1. The average Bonchev–Trinajstić information content (AvgIpc) is 2.30. The first-order valence-electron chi connectivity index (χ1n) is 4.42. The van der Waals surface area contributed by atoms with Gasteiger partial charge < -0.3 is 10.1 Å². The van der Waals surface area contributed by atoms with Crippen LogP contribution in [-0.4, -0.2) is 12.3 Å². The number of benzene rings is 1. The van der Waals surface area contributed by atoms with Crippen LogP contribution >= 0.6 is 0 Å². The third-order valence-corrected chi connectivity index (χ3v) is 1.81. The first-order chi connectivity index (χ1) is 7.67. The molecule has 80 valence electrons. The normalized spacial score (nSPS) is 9.25. The molecule has 1 aromatic carbocycles. The van der Waals surface area contributed by atoms with Gasteiger partial charge >= 0.3 is 0 Å². The average molecular weight is 217 g/mol. The molecule has 0 aliphatic carbocycles. The fraction of sp³-hybridized carbons (Fsp3) is 0.182. The van der Waals surface area contributed by atoms with Crippen molar-refractivity contribution < 1.29 is 9.13 Å². The van der Waals surface area contributed by atoms with Gasteiger partial charge in [-0.1, -0.05) is 0 Å². The third-order valence-electron chi connectivity index (χ3n) is 1.81. The highest BCUT2D eigenvalue weighted by Crippen LogP contribution is 2.11. The molecule has 0 bridgehead atoms. The minimum Gasteiger partial charge on any atom is -0.488 e. The van der Waals surface area contributed by atoms with E-state index in [1.54, 1.807) is 12.1 Å². The van der Waals surface area contributed by atoms with Crippen molar-refractivity contribution in [3.63, 3.8) is 0 Å². The smallest absolute Gasteiger partial charge is 0.173 e. The molecule has 0 spiro atoms. The summed E-state index contributed by atoms with van der Waals surface area (Å²) in [5.41, 5.74) is -0.116. The van der Waals surface area contributed by atoms with E-state index in [-0.39, 0.29) is 18.1 Å². The Morgan fingerprint density at radius 2 is 1.88 bits per heavy atom. The molecular weight excluding hydrogens is 209 g/mol. The highest BCUT2D eigenvalue weighted by atomic mass is 19.1. The molecule has 0 atom stereocenters. The Hall–Kier alpha value is -2.40. The van der Waals surface area contributed by atoms with Crippen molar-refractivity contribution in [2.75, 3.05) is 6.61 Å². The fourth-order valence-electron chi connectivity index (χ4n) is 0.960.